The third-order valence-electron chi connectivity index (χ3n) is 3.00. The molecule has 5 nitrogen and oxygen atoms in total. The van der Waals surface area contributed by atoms with Gasteiger partial charge in [-0.25, -0.2) is 8.42 Å². The van der Waals surface area contributed by atoms with Gasteiger partial charge in [-0.05, 0) is 31.2 Å². The van der Waals surface area contributed by atoms with E-state index in [1.165, 1.54) is 31.2 Å². The molecule has 0 radical (unpaired) electrons. The van der Waals surface area contributed by atoms with E-state index < -0.39 is 21.5 Å². The number of benzene rings is 2. The second kappa shape index (κ2) is 6.53. The van der Waals surface area contributed by atoms with E-state index in [1.807, 2.05) is 0 Å². The number of amides is 1. The minimum Gasteiger partial charge on any atom is -0.325 e. The van der Waals surface area contributed by atoms with Gasteiger partial charge in [0, 0.05) is 11.3 Å². The highest BCUT2D eigenvalue weighted by atomic mass is 32.2. The molecule has 0 spiro atoms. The number of rotatable bonds is 5. The maximum Gasteiger partial charge on any atom is 0.239 e. The molecule has 0 aliphatic heterocycles. The van der Waals surface area contributed by atoms with E-state index in [0.29, 0.717) is 11.3 Å². The minimum atomic E-state index is -3.75. The lowest BCUT2D eigenvalue weighted by Crippen LogP contribution is -2.23. The van der Waals surface area contributed by atoms with Crippen molar-refractivity contribution in [3.63, 3.8) is 0 Å². The number of nitrogens with one attached hydrogen (secondary N) is 1. The Morgan fingerprint density at radius 2 is 1.55 bits per heavy atom. The molecular formula is C16H15NO4S. The zero-order chi connectivity index (χ0) is 16.2. The zero-order valence-electron chi connectivity index (χ0n) is 11.9. The number of para-hydroxylation sites is 1. The van der Waals surface area contributed by atoms with Gasteiger partial charge in [-0.2, -0.15) is 0 Å². The number of sulfone groups is 1. The maximum absolute atomic E-state index is 12.2. The van der Waals surface area contributed by atoms with Crippen molar-refractivity contribution in [1.82, 2.24) is 0 Å². The van der Waals surface area contributed by atoms with Crippen molar-refractivity contribution in [2.75, 3.05) is 11.1 Å². The normalized spacial score (nSPS) is 11.0. The quantitative estimate of drug-likeness (QED) is 0.858. The highest BCUT2D eigenvalue weighted by Crippen LogP contribution is 2.14. The summed E-state index contributed by atoms with van der Waals surface area (Å²) in [6.45, 7) is 1.40. The van der Waals surface area contributed by atoms with Crippen molar-refractivity contribution in [1.29, 1.82) is 0 Å². The summed E-state index contributed by atoms with van der Waals surface area (Å²) in [6, 6.07) is 14.2. The van der Waals surface area contributed by atoms with Crippen LogP contribution in [0.15, 0.2) is 59.5 Å². The van der Waals surface area contributed by atoms with E-state index in [1.54, 1.807) is 30.3 Å². The smallest absolute Gasteiger partial charge is 0.239 e. The standard InChI is InChI=1S/C16H15NO4S/c1-12(18)13-7-9-15(10-8-13)22(20,21)11-16(19)17-14-5-3-2-4-6-14/h2-10H,11H2,1H3,(H,17,19). The number of Topliss-reactive ketones (excluding diaryl/α,β-unsaturated/α-hetero) is 1. The number of ketones is 1. The van der Waals surface area contributed by atoms with Crippen molar-refractivity contribution in [3.05, 3.63) is 60.2 Å². The third kappa shape index (κ3) is 4.02. The topological polar surface area (TPSA) is 80.3 Å². The number of hydrogen-bond donors (Lipinski definition) is 1. The number of anilines is 1. The fourth-order valence-corrected chi connectivity index (χ4v) is 3.01. The summed E-state index contributed by atoms with van der Waals surface area (Å²) in [6.07, 6.45) is 0. The van der Waals surface area contributed by atoms with Gasteiger partial charge >= 0.3 is 0 Å². The van der Waals surface area contributed by atoms with Crippen LogP contribution in [0.5, 0.6) is 0 Å². The van der Waals surface area contributed by atoms with E-state index in [2.05, 4.69) is 5.32 Å². The Morgan fingerprint density at radius 3 is 2.09 bits per heavy atom. The van der Waals surface area contributed by atoms with Gasteiger partial charge in [0.05, 0.1) is 4.90 Å². The first-order valence-electron chi connectivity index (χ1n) is 6.57. The van der Waals surface area contributed by atoms with Crippen molar-refractivity contribution in [2.45, 2.75) is 11.8 Å². The molecule has 0 aromatic heterocycles. The number of hydrogen-bond acceptors (Lipinski definition) is 4. The lowest BCUT2D eigenvalue weighted by Gasteiger charge is -2.07. The molecule has 1 amide bonds. The molecule has 22 heavy (non-hydrogen) atoms. The second-order valence-corrected chi connectivity index (χ2v) is 6.74. The van der Waals surface area contributed by atoms with Crippen LogP contribution in [0, 0.1) is 0 Å². The van der Waals surface area contributed by atoms with Crippen molar-refractivity contribution in [2.24, 2.45) is 0 Å². The third-order valence-corrected chi connectivity index (χ3v) is 4.63. The van der Waals surface area contributed by atoms with E-state index in [4.69, 9.17) is 0 Å². The van der Waals surface area contributed by atoms with Crippen LogP contribution in [-0.4, -0.2) is 25.9 Å². The SMILES string of the molecule is CC(=O)c1ccc(S(=O)(=O)CC(=O)Nc2ccccc2)cc1. The van der Waals surface area contributed by atoms with Gasteiger partial charge in [-0.1, -0.05) is 30.3 Å². The molecule has 2 aromatic rings. The van der Waals surface area contributed by atoms with Crippen LogP contribution < -0.4 is 5.32 Å². The first kappa shape index (κ1) is 15.9. The highest BCUT2D eigenvalue weighted by molar-refractivity contribution is 7.92. The Bertz CT molecular complexity index is 781. The monoisotopic (exact) mass is 317 g/mol. The van der Waals surface area contributed by atoms with E-state index in [-0.39, 0.29) is 10.7 Å². The average Bonchev–Trinajstić information content (AvgIpc) is 2.47. The molecule has 1 N–H and O–H groups in total. The number of carbonyl (C=O) groups excluding carboxylic acids is 2. The molecule has 0 saturated heterocycles. The fraction of sp³-hybridized carbons (Fsp3) is 0.125. The maximum atomic E-state index is 12.2. The van der Waals surface area contributed by atoms with E-state index >= 15 is 0 Å². The second-order valence-electron chi connectivity index (χ2n) is 4.75. The van der Waals surface area contributed by atoms with Crippen LogP contribution in [0.3, 0.4) is 0 Å². The summed E-state index contributed by atoms with van der Waals surface area (Å²) in [5.41, 5.74) is 0.960. The Kier molecular flexibility index (Phi) is 4.72. The lowest BCUT2D eigenvalue weighted by atomic mass is 10.2. The van der Waals surface area contributed by atoms with Crippen LogP contribution in [-0.2, 0) is 14.6 Å². The predicted octanol–water partition coefficient (Wildman–Crippen LogP) is 2.30. The van der Waals surface area contributed by atoms with Gasteiger partial charge in [0.2, 0.25) is 5.91 Å². The summed E-state index contributed by atoms with van der Waals surface area (Å²) in [5, 5.41) is 2.53. The van der Waals surface area contributed by atoms with Crippen LogP contribution in [0.2, 0.25) is 0 Å². The summed E-state index contributed by atoms with van der Waals surface area (Å²) in [5.74, 6) is -1.41. The molecule has 0 aliphatic rings. The largest absolute Gasteiger partial charge is 0.325 e. The van der Waals surface area contributed by atoms with Crippen LogP contribution in [0.4, 0.5) is 5.69 Å². The summed E-state index contributed by atoms with van der Waals surface area (Å²) in [7, 11) is -3.75. The molecule has 0 saturated carbocycles. The Balaban J connectivity index is 2.10. The molecular weight excluding hydrogens is 302 g/mol. The van der Waals surface area contributed by atoms with Crippen LogP contribution in [0.1, 0.15) is 17.3 Å². The zero-order valence-corrected chi connectivity index (χ0v) is 12.8. The van der Waals surface area contributed by atoms with Gasteiger partial charge in [0.15, 0.2) is 15.6 Å². The molecule has 114 valence electrons. The average molecular weight is 317 g/mol. The van der Waals surface area contributed by atoms with Gasteiger partial charge in [-0.3, -0.25) is 9.59 Å². The highest BCUT2D eigenvalue weighted by Gasteiger charge is 2.19. The molecule has 2 rings (SSSR count). The first-order valence-corrected chi connectivity index (χ1v) is 8.22. The molecule has 2 aromatic carbocycles. The van der Waals surface area contributed by atoms with E-state index in [9.17, 15) is 18.0 Å². The Labute approximate surface area is 128 Å². The predicted molar refractivity (Wildman–Crippen MR) is 83.6 cm³/mol. The molecule has 0 heterocycles. The number of carbonyl (C=O) groups is 2. The first-order chi connectivity index (χ1) is 10.4. The Hall–Kier alpha value is -2.47. The summed E-state index contributed by atoms with van der Waals surface area (Å²) in [4.78, 5) is 23.0. The lowest BCUT2D eigenvalue weighted by molar-refractivity contribution is -0.113. The molecule has 0 bridgehead atoms. The van der Waals surface area contributed by atoms with Crippen molar-refractivity contribution < 1.29 is 18.0 Å². The van der Waals surface area contributed by atoms with Gasteiger partial charge in [0.1, 0.15) is 5.75 Å². The van der Waals surface area contributed by atoms with Crippen molar-refractivity contribution in [3.8, 4) is 0 Å². The molecule has 6 heteroatoms. The molecule has 0 fully saturated rings. The fourth-order valence-electron chi connectivity index (χ4n) is 1.87. The van der Waals surface area contributed by atoms with Crippen molar-refractivity contribution >= 4 is 27.2 Å². The van der Waals surface area contributed by atoms with Gasteiger partial charge in [0.25, 0.3) is 0 Å². The molecule has 0 aliphatic carbocycles. The van der Waals surface area contributed by atoms with Gasteiger partial charge < -0.3 is 5.32 Å². The van der Waals surface area contributed by atoms with Crippen LogP contribution in [0.25, 0.3) is 0 Å². The summed E-state index contributed by atoms with van der Waals surface area (Å²) < 4.78 is 24.3. The summed E-state index contributed by atoms with van der Waals surface area (Å²) >= 11 is 0. The molecule has 0 unspecified atom stereocenters. The van der Waals surface area contributed by atoms with E-state index in [0.717, 1.165) is 0 Å². The Morgan fingerprint density at radius 1 is 0.955 bits per heavy atom. The van der Waals surface area contributed by atoms with Gasteiger partial charge in [-0.15, -0.1) is 0 Å². The minimum absolute atomic E-state index is 0.0145. The van der Waals surface area contributed by atoms with Crippen LogP contribution >= 0.6 is 0 Å². The molecule has 0 atom stereocenters.